The van der Waals surface area contributed by atoms with E-state index in [1.54, 1.807) is 4.68 Å². The number of aryl methyl sites for hydroxylation is 2. The Bertz CT molecular complexity index is 810. The van der Waals surface area contributed by atoms with Gasteiger partial charge in [-0.2, -0.15) is 5.10 Å². The lowest BCUT2D eigenvalue weighted by Crippen LogP contribution is -2.44. The molecule has 1 aliphatic heterocycles. The number of nitrogens with one attached hydrogen (secondary N) is 2. The number of aliphatic imine (C=N–C) groups is 1. The third-order valence-electron chi connectivity index (χ3n) is 4.78. The van der Waals surface area contributed by atoms with E-state index in [0.717, 1.165) is 44.4 Å². The van der Waals surface area contributed by atoms with Crippen molar-refractivity contribution in [3.05, 3.63) is 47.8 Å². The average Bonchev–Trinajstić information content (AvgIpc) is 3.28. The normalized spacial score (nSPS) is 16.6. The molecule has 0 saturated carbocycles. The fraction of sp³-hybridized carbons (Fsp3) is 0.500. The van der Waals surface area contributed by atoms with Crippen LogP contribution in [0.2, 0.25) is 0 Å². The molecule has 160 valence electrons. The molecule has 1 unspecified atom stereocenters. The van der Waals surface area contributed by atoms with Crippen LogP contribution in [-0.2, 0) is 13.5 Å². The molecule has 1 aromatic heterocycles. The van der Waals surface area contributed by atoms with Crippen LogP contribution < -0.4 is 15.5 Å². The maximum absolute atomic E-state index is 14.0. The van der Waals surface area contributed by atoms with Crippen LogP contribution in [0.15, 0.2) is 35.6 Å². The molecule has 1 aromatic carbocycles. The number of rotatable bonds is 7. The van der Waals surface area contributed by atoms with Gasteiger partial charge in [-0.15, -0.1) is 24.0 Å². The molecule has 2 aromatic rings. The summed E-state index contributed by atoms with van der Waals surface area (Å²) in [6, 6.07) is 3.90. The zero-order valence-corrected chi connectivity index (χ0v) is 19.2. The van der Waals surface area contributed by atoms with Gasteiger partial charge in [0.15, 0.2) is 5.96 Å². The van der Waals surface area contributed by atoms with E-state index in [9.17, 15) is 8.78 Å². The molecule has 1 fully saturated rings. The molecule has 3 rings (SSSR count). The molecule has 9 heteroatoms. The van der Waals surface area contributed by atoms with E-state index in [-0.39, 0.29) is 30.0 Å². The predicted molar refractivity (Wildman–Crippen MR) is 123 cm³/mol. The van der Waals surface area contributed by atoms with Crippen molar-refractivity contribution in [3.63, 3.8) is 0 Å². The zero-order valence-electron chi connectivity index (χ0n) is 16.9. The second kappa shape index (κ2) is 11.3. The number of guanidine groups is 1. The summed E-state index contributed by atoms with van der Waals surface area (Å²) in [6.45, 7) is 4.90. The largest absolute Gasteiger partial charge is 0.367 e. The Labute approximate surface area is 187 Å². The standard InChI is InChI=1S/C20H28F2N6.HI/c1-3-23-20(24-9-4-5-15-12-25-27(2)13-15)26-17-8-10-28(14-17)19-7-6-16(21)11-18(19)22;/h6-7,11-13,17H,3-5,8-10,14H2,1-2H3,(H2,23,24,26);1H. The van der Waals surface area contributed by atoms with Crippen molar-refractivity contribution in [3.8, 4) is 0 Å². The Morgan fingerprint density at radius 3 is 2.86 bits per heavy atom. The van der Waals surface area contributed by atoms with Gasteiger partial charge in [0.2, 0.25) is 0 Å². The quantitative estimate of drug-likeness (QED) is 0.256. The van der Waals surface area contributed by atoms with Crippen LogP contribution in [-0.4, -0.2) is 48.0 Å². The van der Waals surface area contributed by atoms with E-state index >= 15 is 0 Å². The molecule has 6 nitrogen and oxygen atoms in total. The summed E-state index contributed by atoms with van der Waals surface area (Å²) in [4.78, 5) is 6.59. The number of hydrogen-bond donors (Lipinski definition) is 2. The molecule has 0 bridgehead atoms. The van der Waals surface area contributed by atoms with Gasteiger partial charge in [-0.05, 0) is 43.9 Å². The molecule has 29 heavy (non-hydrogen) atoms. The first-order valence-corrected chi connectivity index (χ1v) is 9.77. The molecule has 0 amide bonds. The Hall–Kier alpha value is -1.91. The number of nitrogens with zero attached hydrogens (tertiary/aromatic N) is 4. The van der Waals surface area contributed by atoms with Crippen LogP contribution in [0.1, 0.15) is 25.3 Å². The molecule has 1 atom stereocenters. The average molecular weight is 518 g/mol. The Kier molecular flexibility index (Phi) is 9.12. The summed E-state index contributed by atoms with van der Waals surface area (Å²) < 4.78 is 28.9. The first-order valence-electron chi connectivity index (χ1n) is 9.77. The summed E-state index contributed by atoms with van der Waals surface area (Å²) >= 11 is 0. The van der Waals surface area contributed by atoms with Crippen molar-refractivity contribution in [2.24, 2.45) is 12.0 Å². The van der Waals surface area contributed by atoms with Gasteiger partial charge >= 0.3 is 0 Å². The number of aromatic nitrogens is 2. The van der Waals surface area contributed by atoms with Crippen molar-refractivity contribution < 1.29 is 8.78 Å². The maximum Gasteiger partial charge on any atom is 0.191 e. The van der Waals surface area contributed by atoms with E-state index < -0.39 is 11.6 Å². The van der Waals surface area contributed by atoms with E-state index in [1.165, 1.54) is 17.7 Å². The Morgan fingerprint density at radius 2 is 2.17 bits per heavy atom. The lowest BCUT2D eigenvalue weighted by atomic mass is 10.2. The van der Waals surface area contributed by atoms with E-state index in [0.29, 0.717) is 18.8 Å². The molecule has 1 aliphatic rings. The number of anilines is 1. The van der Waals surface area contributed by atoms with Crippen molar-refractivity contribution in [1.82, 2.24) is 20.4 Å². The summed E-state index contributed by atoms with van der Waals surface area (Å²) in [5.74, 6) is -0.292. The topological polar surface area (TPSA) is 57.5 Å². The van der Waals surface area contributed by atoms with Gasteiger partial charge in [0.25, 0.3) is 0 Å². The second-order valence-corrected chi connectivity index (χ2v) is 7.06. The van der Waals surface area contributed by atoms with Crippen LogP contribution in [0.25, 0.3) is 0 Å². The van der Waals surface area contributed by atoms with E-state index in [1.807, 2.05) is 31.3 Å². The minimum absolute atomic E-state index is 0. The molecule has 0 spiro atoms. The lowest BCUT2D eigenvalue weighted by molar-refractivity contribution is 0.580. The maximum atomic E-state index is 14.0. The number of halogens is 3. The third kappa shape index (κ3) is 6.83. The van der Waals surface area contributed by atoms with Crippen molar-refractivity contribution in [2.75, 3.05) is 31.1 Å². The molecule has 0 radical (unpaired) electrons. The zero-order chi connectivity index (χ0) is 19.9. The first kappa shape index (κ1) is 23.4. The number of hydrogen-bond acceptors (Lipinski definition) is 3. The molecule has 1 saturated heterocycles. The summed E-state index contributed by atoms with van der Waals surface area (Å²) in [6.07, 6.45) is 6.66. The molecular weight excluding hydrogens is 489 g/mol. The lowest BCUT2D eigenvalue weighted by Gasteiger charge is -2.21. The Balaban J connectivity index is 0.00000300. The van der Waals surface area contributed by atoms with Crippen LogP contribution in [0, 0.1) is 11.6 Å². The minimum Gasteiger partial charge on any atom is -0.367 e. The Morgan fingerprint density at radius 1 is 1.34 bits per heavy atom. The summed E-state index contributed by atoms with van der Waals surface area (Å²) in [7, 11) is 1.91. The van der Waals surface area contributed by atoms with Gasteiger partial charge in [-0.1, -0.05) is 0 Å². The first-order chi connectivity index (χ1) is 13.5. The second-order valence-electron chi connectivity index (χ2n) is 7.06. The highest BCUT2D eigenvalue weighted by Gasteiger charge is 2.25. The number of benzene rings is 1. The highest BCUT2D eigenvalue weighted by Crippen LogP contribution is 2.24. The van der Waals surface area contributed by atoms with E-state index in [2.05, 4.69) is 20.7 Å². The van der Waals surface area contributed by atoms with Crippen molar-refractivity contribution in [2.45, 2.75) is 32.2 Å². The van der Waals surface area contributed by atoms with Crippen molar-refractivity contribution >= 4 is 35.6 Å². The van der Waals surface area contributed by atoms with E-state index in [4.69, 9.17) is 0 Å². The smallest absolute Gasteiger partial charge is 0.191 e. The van der Waals surface area contributed by atoms with Crippen molar-refractivity contribution in [1.29, 1.82) is 0 Å². The van der Waals surface area contributed by atoms with Gasteiger partial charge in [0, 0.05) is 51.5 Å². The van der Waals surface area contributed by atoms with Crippen LogP contribution in [0.4, 0.5) is 14.5 Å². The van der Waals surface area contributed by atoms with Gasteiger partial charge in [-0.3, -0.25) is 9.67 Å². The molecule has 2 N–H and O–H groups in total. The molecule has 2 heterocycles. The highest BCUT2D eigenvalue weighted by molar-refractivity contribution is 14.0. The summed E-state index contributed by atoms with van der Waals surface area (Å²) in [5, 5.41) is 10.9. The van der Waals surface area contributed by atoms with Gasteiger partial charge in [0.05, 0.1) is 11.9 Å². The third-order valence-corrected chi connectivity index (χ3v) is 4.78. The fourth-order valence-corrected chi connectivity index (χ4v) is 3.42. The molecule has 0 aliphatic carbocycles. The fourth-order valence-electron chi connectivity index (χ4n) is 3.42. The van der Waals surface area contributed by atoms with Crippen LogP contribution in [0.5, 0.6) is 0 Å². The monoisotopic (exact) mass is 518 g/mol. The summed E-state index contributed by atoms with van der Waals surface area (Å²) in [5.41, 5.74) is 1.66. The van der Waals surface area contributed by atoms with Crippen LogP contribution in [0.3, 0.4) is 0 Å². The minimum atomic E-state index is -0.553. The molecular formula is C20H29F2IN6. The van der Waals surface area contributed by atoms with Gasteiger partial charge in [0.1, 0.15) is 11.6 Å². The van der Waals surface area contributed by atoms with Gasteiger partial charge in [-0.25, -0.2) is 8.78 Å². The predicted octanol–water partition coefficient (Wildman–Crippen LogP) is 3.08. The van der Waals surface area contributed by atoms with Gasteiger partial charge < -0.3 is 15.5 Å². The van der Waals surface area contributed by atoms with Crippen LogP contribution >= 0.6 is 24.0 Å². The highest BCUT2D eigenvalue weighted by atomic mass is 127. The SMILES string of the molecule is CCNC(=NCCCc1cnn(C)c1)NC1CCN(c2ccc(F)cc2F)C1.I.